The SMILES string of the molecule is CCc1ccc(OCc2cccc(CNCCCCCCCCNCc3cccc(COc4ccc(CN)cc4)c3)c2)cc1. The van der Waals surface area contributed by atoms with Crippen LogP contribution in [0.4, 0.5) is 0 Å². The Labute approximate surface area is 265 Å². The number of ether oxygens (including phenoxy) is 2. The third-order valence-electron chi connectivity index (χ3n) is 7.90. The van der Waals surface area contributed by atoms with Crippen LogP contribution < -0.4 is 25.8 Å². The standard InChI is InChI=1S/C39H51N3O2/c1-2-32-15-19-38(20-16-32)43-30-36-13-9-11-34(25-36)28-41-23-7-5-3-4-6-8-24-42-29-35-12-10-14-37(26-35)31-44-39-21-17-33(27-40)18-22-39/h9-22,25-26,41-42H,2-8,23-24,27-31,40H2,1H3. The first-order valence-corrected chi connectivity index (χ1v) is 16.4. The van der Waals surface area contributed by atoms with Crippen LogP contribution in [0, 0.1) is 0 Å². The van der Waals surface area contributed by atoms with E-state index in [9.17, 15) is 0 Å². The molecule has 0 unspecified atom stereocenters. The van der Waals surface area contributed by atoms with Crippen LogP contribution in [-0.2, 0) is 39.3 Å². The Morgan fingerprint density at radius 2 is 0.932 bits per heavy atom. The summed E-state index contributed by atoms with van der Waals surface area (Å²) in [4.78, 5) is 0. The molecule has 234 valence electrons. The minimum Gasteiger partial charge on any atom is -0.489 e. The first kappa shape index (κ1) is 33.3. The molecule has 4 aromatic carbocycles. The number of aryl methyl sites for hydroxylation is 1. The Kier molecular flexibility index (Phi) is 14.8. The van der Waals surface area contributed by atoms with Crippen LogP contribution in [0.2, 0.25) is 0 Å². The van der Waals surface area contributed by atoms with Gasteiger partial charge in [0.05, 0.1) is 0 Å². The van der Waals surface area contributed by atoms with E-state index in [0.29, 0.717) is 19.8 Å². The smallest absolute Gasteiger partial charge is 0.119 e. The molecule has 0 spiro atoms. The average molecular weight is 594 g/mol. The van der Waals surface area contributed by atoms with Crippen molar-refractivity contribution in [3.05, 3.63) is 130 Å². The second-order valence-electron chi connectivity index (χ2n) is 11.5. The molecule has 5 nitrogen and oxygen atoms in total. The van der Waals surface area contributed by atoms with E-state index in [0.717, 1.165) is 49.7 Å². The van der Waals surface area contributed by atoms with Gasteiger partial charge in [0.2, 0.25) is 0 Å². The van der Waals surface area contributed by atoms with E-state index in [4.69, 9.17) is 15.2 Å². The molecule has 0 heterocycles. The fraction of sp³-hybridized carbons (Fsp3) is 0.385. The van der Waals surface area contributed by atoms with Gasteiger partial charge in [0.15, 0.2) is 0 Å². The minimum atomic E-state index is 0.553. The Balaban J connectivity index is 0.979. The molecule has 0 bridgehead atoms. The van der Waals surface area contributed by atoms with E-state index >= 15 is 0 Å². The summed E-state index contributed by atoms with van der Waals surface area (Å²) in [7, 11) is 0. The van der Waals surface area contributed by atoms with Crippen LogP contribution in [0.25, 0.3) is 0 Å². The summed E-state index contributed by atoms with van der Waals surface area (Å²) < 4.78 is 11.9. The van der Waals surface area contributed by atoms with Gasteiger partial charge in [-0.1, -0.05) is 105 Å². The van der Waals surface area contributed by atoms with Crippen molar-refractivity contribution in [1.29, 1.82) is 0 Å². The fourth-order valence-electron chi connectivity index (χ4n) is 5.21. The lowest BCUT2D eigenvalue weighted by Gasteiger charge is -2.10. The molecule has 0 aliphatic rings. The Morgan fingerprint density at radius 1 is 0.500 bits per heavy atom. The summed E-state index contributed by atoms with van der Waals surface area (Å²) in [6, 6.07) is 33.7. The van der Waals surface area contributed by atoms with Crippen LogP contribution in [0.15, 0.2) is 97.1 Å². The highest BCUT2D eigenvalue weighted by atomic mass is 16.5. The summed E-state index contributed by atoms with van der Waals surface area (Å²) in [6.45, 7) is 7.82. The van der Waals surface area contributed by atoms with Crippen molar-refractivity contribution in [3.63, 3.8) is 0 Å². The third kappa shape index (κ3) is 12.5. The normalized spacial score (nSPS) is 11.0. The maximum Gasteiger partial charge on any atom is 0.119 e. The molecule has 0 atom stereocenters. The van der Waals surface area contributed by atoms with Crippen molar-refractivity contribution in [2.24, 2.45) is 5.73 Å². The van der Waals surface area contributed by atoms with E-state index in [2.05, 4.69) is 90.4 Å². The van der Waals surface area contributed by atoms with Gasteiger partial charge in [-0.05, 0) is 90.0 Å². The fourth-order valence-corrected chi connectivity index (χ4v) is 5.21. The van der Waals surface area contributed by atoms with Crippen molar-refractivity contribution >= 4 is 0 Å². The van der Waals surface area contributed by atoms with Gasteiger partial charge in [0.25, 0.3) is 0 Å². The van der Waals surface area contributed by atoms with Crippen molar-refractivity contribution in [1.82, 2.24) is 10.6 Å². The predicted octanol–water partition coefficient (Wildman–Crippen LogP) is 8.09. The molecule has 0 aliphatic carbocycles. The molecule has 44 heavy (non-hydrogen) atoms. The molecule has 0 saturated heterocycles. The van der Waals surface area contributed by atoms with Gasteiger partial charge < -0.3 is 25.8 Å². The molecular formula is C39H51N3O2. The molecule has 0 saturated carbocycles. The molecule has 0 fully saturated rings. The number of nitrogens with two attached hydrogens (primary N) is 1. The Hall–Kier alpha value is -3.64. The maximum atomic E-state index is 5.98. The van der Waals surface area contributed by atoms with Gasteiger partial charge in [-0.25, -0.2) is 0 Å². The van der Waals surface area contributed by atoms with E-state index in [1.54, 1.807) is 0 Å². The third-order valence-corrected chi connectivity index (χ3v) is 7.90. The van der Waals surface area contributed by atoms with Gasteiger partial charge in [-0.2, -0.15) is 0 Å². The minimum absolute atomic E-state index is 0.553. The zero-order valence-corrected chi connectivity index (χ0v) is 26.5. The summed E-state index contributed by atoms with van der Waals surface area (Å²) >= 11 is 0. The van der Waals surface area contributed by atoms with Crippen LogP contribution >= 0.6 is 0 Å². The molecule has 4 rings (SSSR count). The lowest BCUT2D eigenvalue weighted by Crippen LogP contribution is -2.15. The van der Waals surface area contributed by atoms with Gasteiger partial charge in [0, 0.05) is 19.6 Å². The second kappa shape index (κ2) is 19.6. The van der Waals surface area contributed by atoms with Crippen molar-refractivity contribution in [2.45, 2.75) is 84.7 Å². The molecule has 4 aromatic rings. The summed E-state index contributed by atoms with van der Waals surface area (Å²) in [5, 5.41) is 7.21. The lowest BCUT2D eigenvalue weighted by molar-refractivity contribution is 0.306. The quantitative estimate of drug-likeness (QED) is 0.0852. The Bertz CT molecular complexity index is 1230. The van der Waals surface area contributed by atoms with Crippen molar-refractivity contribution < 1.29 is 9.47 Å². The summed E-state index contributed by atoms with van der Waals surface area (Å²) in [5.41, 5.74) is 13.1. The average Bonchev–Trinajstić information content (AvgIpc) is 3.07. The zero-order chi connectivity index (χ0) is 30.7. The largest absolute Gasteiger partial charge is 0.489 e. The maximum absolute atomic E-state index is 5.98. The van der Waals surface area contributed by atoms with E-state index in [-0.39, 0.29) is 0 Å². The Morgan fingerprint density at radius 3 is 1.39 bits per heavy atom. The number of hydrogen-bond donors (Lipinski definition) is 3. The van der Waals surface area contributed by atoms with E-state index < -0.39 is 0 Å². The van der Waals surface area contributed by atoms with Gasteiger partial charge >= 0.3 is 0 Å². The number of unbranched alkanes of at least 4 members (excludes halogenated alkanes) is 5. The summed E-state index contributed by atoms with van der Waals surface area (Å²) in [6.07, 6.45) is 8.70. The topological polar surface area (TPSA) is 68.5 Å². The number of benzene rings is 4. The molecule has 0 amide bonds. The van der Waals surface area contributed by atoms with E-state index in [1.807, 2.05) is 24.3 Å². The molecule has 0 aliphatic heterocycles. The van der Waals surface area contributed by atoms with Gasteiger partial charge in [-0.3, -0.25) is 0 Å². The van der Waals surface area contributed by atoms with Crippen LogP contribution in [0.1, 0.15) is 78.8 Å². The van der Waals surface area contributed by atoms with Crippen LogP contribution in [-0.4, -0.2) is 13.1 Å². The van der Waals surface area contributed by atoms with Crippen molar-refractivity contribution in [3.8, 4) is 11.5 Å². The monoisotopic (exact) mass is 593 g/mol. The highest BCUT2D eigenvalue weighted by molar-refractivity contribution is 5.30. The molecule has 0 radical (unpaired) electrons. The van der Waals surface area contributed by atoms with E-state index in [1.165, 1.54) is 66.3 Å². The number of nitrogens with one attached hydrogen (secondary N) is 2. The zero-order valence-electron chi connectivity index (χ0n) is 26.5. The number of hydrogen-bond acceptors (Lipinski definition) is 5. The van der Waals surface area contributed by atoms with Gasteiger partial charge in [-0.15, -0.1) is 0 Å². The molecular weight excluding hydrogens is 542 g/mol. The highest BCUT2D eigenvalue weighted by Crippen LogP contribution is 2.16. The molecule has 4 N–H and O–H groups in total. The first-order chi connectivity index (χ1) is 21.7. The van der Waals surface area contributed by atoms with Gasteiger partial charge in [0.1, 0.15) is 24.7 Å². The molecule has 0 aromatic heterocycles. The predicted molar refractivity (Wildman–Crippen MR) is 183 cm³/mol. The first-order valence-electron chi connectivity index (χ1n) is 16.4. The number of rotatable bonds is 21. The van der Waals surface area contributed by atoms with Crippen LogP contribution in [0.3, 0.4) is 0 Å². The molecule has 5 heteroatoms. The van der Waals surface area contributed by atoms with Crippen LogP contribution in [0.5, 0.6) is 11.5 Å². The second-order valence-corrected chi connectivity index (χ2v) is 11.5. The van der Waals surface area contributed by atoms with Crippen molar-refractivity contribution in [2.75, 3.05) is 13.1 Å². The lowest BCUT2D eigenvalue weighted by atomic mass is 10.1. The highest BCUT2D eigenvalue weighted by Gasteiger charge is 2.01. The summed E-state index contributed by atoms with van der Waals surface area (Å²) in [5.74, 6) is 1.80.